The molecule has 3 rings (SSSR count). The van der Waals surface area contributed by atoms with E-state index in [0.717, 1.165) is 5.56 Å². The standard InChI is InChI=1S/C25H31FN4O3S/c1-18(2)29(14-20-10-6-5-7-11-20)24(31)17-34-25-28-27-23(30(25)19(3)15-32-4)16-33-22-13-9-8-12-21(22)26/h5-13,18-19H,14-17H2,1-4H3/t19-/m1/s1. The monoisotopic (exact) mass is 486 g/mol. The fourth-order valence-corrected chi connectivity index (χ4v) is 4.46. The smallest absolute Gasteiger partial charge is 0.233 e. The van der Waals surface area contributed by atoms with Crippen molar-refractivity contribution in [3.05, 3.63) is 71.8 Å². The number of benzene rings is 2. The summed E-state index contributed by atoms with van der Waals surface area (Å²) >= 11 is 1.32. The van der Waals surface area contributed by atoms with Gasteiger partial charge in [0.1, 0.15) is 6.61 Å². The normalized spacial score (nSPS) is 12.1. The fraction of sp³-hybridized carbons (Fsp3) is 0.400. The van der Waals surface area contributed by atoms with Crippen LogP contribution in [0, 0.1) is 5.82 Å². The predicted molar refractivity (Wildman–Crippen MR) is 130 cm³/mol. The van der Waals surface area contributed by atoms with Gasteiger partial charge in [-0.15, -0.1) is 10.2 Å². The van der Waals surface area contributed by atoms with Gasteiger partial charge < -0.3 is 14.4 Å². The average molecular weight is 487 g/mol. The molecule has 1 atom stereocenters. The lowest BCUT2D eigenvalue weighted by atomic mass is 10.2. The molecule has 0 bridgehead atoms. The Labute approximate surface area is 204 Å². The number of amides is 1. The molecule has 1 amide bonds. The molecule has 0 aliphatic rings. The summed E-state index contributed by atoms with van der Waals surface area (Å²) in [5, 5.41) is 9.14. The van der Waals surface area contributed by atoms with E-state index >= 15 is 0 Å². The van der Waals surface area contributed by atoms with Crippen molar-refractivity contribution in [1.82, 2.24) is 19.7 Å². The summed E-state index contributed by atoms with van der Waals surface area (Å²) in [7, 11) is 1.62. The van der Waals surface area contributed by atoms with E-state index in [-0.39, 0.29) is 36.1 Å². The lowest BCUT2D eigenvalue weighted by Crippen LogP contribution is -2.37. The molecular weight excluding hydrogens is 455 g/mol. The Morgan fingerprint density at radius 3 is 2.47 bits per heavy atom. The third kappa shape index (κ3) is 6.80. The van der Waals surface area contributed by atoms with Crippen LogP contribution < -0.4 is 4.74 Å². The Hall–Kier alpha value is -2.91. The molecule has 182 valence electrons. The number of hydrogen-bond acceptors (Lipinski definition) is 6. The predicted octanol–water partition coefficient (Wildman–Crippen LogP) is 4.73. The minimum Gasteiger partial charge on any atom is -0.483 e. The van der Waals surface area contributed by atoms with E-state index in [1.165, 1.54) is 17.8 Å². The molecular formula is C25H31FN4O3S. The second-order valence-electron chi connectivity index (χ2n) is 8.18. The second-order valence-corrected chi connectivity index (χ2v) is 9.12. The molecule has 3 aromatic rings. The molecule has 9 heteroatoms. The molecule has 0 spiro atoms. The number of aromatic nitrogens is 3. The summed E-state index contributed by atoms with van der Waals surface area (Å²) in [6.07, 6.45) is 0. The Kier molecular flexibility index (Phi) is 9.47. The minimum atomic E-state index is -0.439. The molecule has 1 aromatic heterocycles. The van der Waals surface area contributed by atoms with Crippen LogP contribution in [0.3, 0.4) is 0 Å². The van der Waals surface area contributed by atoms with Crippen molar-refractivity contribution in [2.75, 3.05) is 19.5 Å². The molecule has 0 radical (unpaired) electrons. The van der Waals surface area contributed by atoms with Crippen molar-refractivity contribution >= 4 is 17.7 Å². The van der Waals surface area contributed by atoms with Crippen LogP contribution in [0.4, 0.5) is 4.39 Å². The summed E-state index contributed by atoms with van der Waals surface area (Å²) in [4.78, 5) is 14.9. The van der Waals surface area contributed by atoms with Crippen LogP contribution in [-0.2, 0) is 22.7 Å². The average Bonchev–Trinajstić information content (AvgIpc) is 3.24. The number of ether oxygens (including phenoxy) is 2. The van der Waals surface area contributed by atoms with E-state index in [1.807, 2.05) is 60.6 Å². The van der Waals surface area contributed by atoms with Crippen LogP contribution in [-0.4, -0.2) is 51.1 Å². The van der Waals surface area contributed by atoms with Crippen molar-refractivity contribution in [1.29, 1.82) is 0 Å². The van der Waals surface area contributed by atoms with Gasteiger partial charge in [-0.1, -0.05) is 54.2 Å². The first-order valence-electron chi connectivity index (χ1n) is 11.2. The first-order valence-corrected chi connectivity index (χ1v) is 12.2. The summed E-state index contributed by atoms with van der Waals surface area (Å²) in [5.74, 6) is 0.478. The largest absolute Gasteiger partial charge is 0.483 e. The number of halogens is 1. The van der Waals surface area contributed by atoms with Crippen LogP contribution in [0.1, 0.15) is 38.2 Å². The number of rotatable bonds is 12. The molecule has 0 aliphatic carbocycles. The molecule has 0 aliphatic heterocycles. The Morgan fingerprint density at radius 2 is 1.79 bits per heavy atom. The summed E-state index contributed by atoms with van der Waals surface area (Å²) < 4.78 is 26.8. The summed E-state index contributed by atoms with van der Waals surface area (Å²) in [5.41, 5.74) is 1.08. The Morgan fingerprint density at radius 1 is 1.09 bits per heavy atom. The minimum absolute atomic E-state index is 0.0157. The zero-order valence-electron chi connectivity index (χ0n) is 20.0. The maximum absolute atomic E-state index is 14.0. The molecule has 2 aromatic carbocycles. The summed E-state index contributed by atoms with van der Waals surface area (Å²) in [6.45, 7) is 7.01. The van der Waals surface area contributed by atoms with Crippen LogP contribution in [0.15, 0.2) is 59.8 Å². The lowest BCUT2D eigenvalue weighted by molar-refractivity contribution is -0.130. The van der Waals surface area contributed by atoms with Crippen molar-refractivity contribution in [3.63, 3.8) is 0 Å². The SMILES string of the molecule is COC[C@@H](C)n1c(COc2ccccc2F)nnc1SCC(=O)N(Cc1ccccc1)C(C)C. The number of methoxy groups -OCH3 is 1. The molecule has 0 saturated heterocycles. The zero-order valence-corrected chi connectivity index (χ0v) is 20.8. The highest BCUT2D eigenvalue weighted by Gasteiger charge is 2.22. The third-order valence-electron chi connectivity index (χ3n) is 5.24. The van der Waals surface area contributed by atoms with E-state index in [4.69, 9.17) is 9.47 Å². The number of carbonyl (C=O) groups excluding carboxylic acids is 1. The molecule has 34 heavy (non-hydrogen) atoms. The van der Waals surface area contributed by atoms with Gasteiger partial charge in [-0.2, -0.15) is 0 Å². The van der Waals surface area contributed by atoms with E-state index in [9.17, 15) is 9.18 Å². The van der Waals surface area contributed by atoms with Gasteiger partial charge in [0.15, 0.2) is 22.5 Å². The van der Waals surface area contributed by atoms with E-state index < -0.39 is 5.82 Å². The topological polar surface area (TPSA) is 69.5 Å². The van der Waals surface area contributed by atoms with Crippen LogP contribution in [0.2, 0.25) is 0 Å². The van der Waals surface area contributed by atoms with Gasteiger partial charge in [0.2, 0.25) is 5.91 Å². The van der Waals surface area contributed by atoms with E-state index in [2.05, 4.69) is 10.2 Å². The summed E-state index contributed by atoms with van der Waals surface area (Å²) in [6, 6.07) is 16.1. The maximum Gasteiger partial charge on any atom is 0.233 e. The first-order chi connectivity index (χ1) is 16.4. The number of nitrogens with zero attached hydrogens (tertiary/aromatic N) is 4. The maximum atomic E-state index is 14.0. The van der Waals surface area contributed by atoms with Crippen LogP contribution >= 0.6 is 11.8 Å². The van der Waals surface area contributed by atoms with Crippen molar-refractivity contribution < 1.29 is 18.7 Å². The van der Waals surface area contributed by atoms with Gasteiger partial charge in [0.25, 0.3) is 0 Å². The number of thioether (sulfide) groups is 1. The molecule has 0 N–H and O–H groups in total. The zero-order chi connectivity index (χ0) is 24.5. The highest BCUT2D eigenvalue weighted by atomic mass is 32.2. The third-order valence-corrected chi connectivity index (χ3v) is 6.17. The van der Waals surface area contributed by atoms with Crippen molar-refractivity contribution in [3.8, 4) is 5.75 Å². The van der Waals surface area contributed by atoms with Crippen molar-refractivity contribution in [2.24, 2.45) is 0 Å². The van der Waals surface area contributed by atoms with Gasteiger partial charge in [-0.25, -0.2) is 4.39 Å². The Bertz CT molecular complexity index is 1060. The van der Waals surface area contributed by atoms with Gasteiger partial charge in [-0.3, -0.25) is 9.36 Å². The van der Waals surface area contributed by atoms with Crippen LogP contribution in [0.5, 0.6) is 5.75 Å². The highest BCUT2D eigenvalue weighted by molar-refractivity contribution is 7.99. The van der Waals surface area contributed by atoms with E-state index in [1.54, 1.807) is 25.3 Å². The van der Waals surface area contributed by atoms with Crippen LogP contribution in [0.25, 0.3) is 0 Å². The highest BCUT2D eigenvalue weighted by Crippen LogP contribution is 2.25. The fourth-order valence-electron chi connectivity index (χ4n) is 3.51. The number of carbonyl (C=O) groups is 1. The lowest BCUT2D eigenvalue weighted by Gasteiger charge is -2.27. The Balaban J connectivity index is 1.72. The molecule has 7 nitrogen and oxygen atoms in total. The van der Waals surface area contributed by atoms with Gasteiger partial charge in [-0.05, 0) is 38.5 Å². The molecule has 1 heterocycles. The number of hydrogen-bond donors (Lipinski definition) is 0. The molecule has 0 saturated carbocycles. The molecule has 0 fully saturated rings. The van der Waals surface area contributed by atoms with Crippen molar-refractivity contribution in [2.45, 2.75) is 51.2 Å². The number of para-hydroxylation sites is 1. The second kappa shape index (κ2) is 12.5. The van der Waals surface area contributed by atoms with Gasteiger partial charge in [0, 0.05) is 19.7 Å². The van der Waals surface area contributed by atoms with Gasteiger partial charge >= 0.3 is 0 Å². The molecule has 0 unspecified atom stereocenters. The quantitative estimate of drug-likeness (QED) is 0.345. The van der Waals surface area contributed by atoms with E-state index in [0.29, 0.717) is 24.1 Å². The van der Waals surface area contributed by atoms with Gasteiger partial charge in [0.05, 0.1) is 18.4 Å². The first kappa shape index (κ1) is 25.7.